The molecule has 618 valence electrons. The van der Waals surface area contributed by atoms with Crippen LogP contribution >= 0.6 is 36.7 Å². The van der Waals surface area contributed by atoms with Gasteiger partial charge in [-0.25, -0.2) is 50.5 Å². The van der Waals surface area contributed by atoms with E-state index < -0.39 is 145 Å². The summed E-state index contributed by atoms with van der Waals surface area (Å²) in [6.45, 7) is 1.37. The topological polar surface area (TPSA) is 692 Å². The minimum absolute atomic E-state index is 0. The quantitative estimate of drug-likeness (QED) is 0.00233. The van der Waals surface area contributed by atoms with Crippen molar-refractivity contribution in [2.45, 2.75) is 48.1 Å². The van der Waals surface area contributed by atoms with Crippen LogP contribution in [0.2, 0.25) is 0 Å². The molecular formula is C61H49N12Na7O33S10. The molecule has 0 fully saturated rings. The standard InChI is InChI=1S/C36H34N8O20S6.C25H22N4O13S4.7Na/c1-21-33(35(45)43(41-21)26-7-11-28(12-8-26)68(51,52)18-16-60-70(56,57)58)39-37-23-3-13-29(31(19-23)65-63-61-47)30-14-4-24(20-32(30)69(53,54)55)38-40-34-22(2)42-44(36(34)46)25-5-9-27(10-6-25)67(49,50)17-15-59-66-64-62-48;26-23-21(46(37,38)39)11-15-10-18(44(33)34)13-20(30)22(15)24(23)29-28-16-6-4-14(5-7-16)25(31)27-17-2-1-3-19(12-17)45(35,36)9-8-40-43-42-41-32;;;;;;;/h3-14,19-20,45-48H,15-18H2,1-2H3,(H,53,54,55)(H,56,57,58);1-7,10-13,30,32H,8-9,26H2,(H,27,31)(H,33,34)(H,37,38,39);;;;;;;/q;;7*+1/p-7. The molecule has 62 heteroatoms. The molecule has 0 saturated carbocycles. The molecule has 0 bridgehead atoms. The van der Waals surface area contributed by atoms with Crippen LogP contribution in [0.25, 0.3) is 33.3 Å². The molecule has 1 unspecified atom stereocenters. The molecule has 0 aliphatic rings. The molecule has 0 spiro atoms. The van der Waals surface area contributed by atoms with E-state index in [0.29, 0.717) is 12.0 Å². The number of hydrogen-bond donors (Lipinski definition) is 5. The van der Waals surface area contributed by atoms with Crippen molar-refractivity contribution < 1.29 is 356 Å². The van der Waals surface area contributed by atoms with Gasteiger partial charge >= 0.3 is 207 Å². The number of rotatable bonds is 36. The average molecular weight is 1960 g/mol. The summed E-state index contributed by atoms with van der Waals surface area (Å²) in [4.78, 5) is 10.2. The molecule has 45 nitrogen and oxygen atoms in total. The van der Waals surface area contributed by atoms with Gasteiger partial charge in [-0.05, 0) is 169 Å². The molecule has 0 aliphatic heterocycles. The predicted octanol–water partition coefficient (Wildman–Crippen LogP) is -14.9. The summed E-state index contributed by atoms with van der Waals surface area (Å²) in [5.74, 6) is -4.07. The van der Waals surface area contributed by atoms with Crippen molar-refractivity contribution in [1.82, 2.24) is 19.6 Å². The van der Waals surface area contributed by atoms with Crippen molar-refractivity contribution in [2.24, 2.45) is 30.7 Å². The zero-order valence-electron chi connectivity index (χ0n) is 64.9. The third kappa shape index (κ3) is 32.6. The molecule has 8 aromatic carbocycles. The largest absolute Gasteiger partial charge is 1.00 e. The number of nitrogens with one attached hydrogen (secondary N) is 1. The van der Waals surface area contributed by atoms with Gasteiger partial charge in [0.05, 0.1) is 124 Å². The summed E-state index contributed by atoms with van der Waals surface area (Å²) in [6, 6.07) is 30.9. The smallest absolute Gasteiger partial charge is 0.768 e. The summed E-state index contributed by atoms with van der Waals surface area (Å²) >= 11 is -2.16. The maximum Gasteiger partial charge on any atom is 1.00 e. The second kappa shape index (κ2) is 52.4. The van der Waals surface area contributed by atoms with Gasteiger partial charge in [0, 0.05) is 26.6 Å². The Labute approximate surface area is 868 Å². The number of aromatic hydroxyl groups is 3. The van der Waals surface area contributed by atoms with Crippen LogP contribution < -0.4 is 234 Å². The Hall–Kier alpha value is -2.83. The number of nitrogens with zero attached hydrogens (tertiary/aromatic N) is 10. The van der Waals surface area contributed by atoms with Crippen molar-refractivity contribution in [3.63, 3.8) is 0 Å². The number of hydrogen-bond acceptors (Lipinski definition) is 45. The number of sulfone groups is 3. The van der Waals surface area contributed by atoms with Gasteiger partial charge < -0.3 is 60.4 Å². The van der Waals surface area contributed by atoms with Crippen LogP contribution in [0.3, 0.4) is 0 Å². The Morgan fingerprint density at radius 2 is 0.959 bits per heavy atom. The van der Waals surface area contributed by atoms with Gasteiger partial charge in [0.15, 0.2) is 65.5 Å². The summed E-state index contributed by atoms with van der Waals surface area (Å²) in [6.07, 6.45) is 0. The minimum atomic E-state index is -5.28. The number of benzene rings is 8. The molecule has 10 rings (SSSR count). The predicted molar refractivity (Wildman–Crippen MR) is 390 cm³/mol. The number of carbonyl (C=O) groups excluding carboxylic acids is 1. The number of carbonyl (C=O) groups is 1. The molecule has 123 heavy (non-hydrogen) atoms. The molecule has 0 saturated heterocycles. The molecule has 2 aromatic heterocycles. The number of aryl methyl sites for hydroxylation is 2. The maximum atomic E-state index is 12.8. The SMILES string of the molecule is Cc1nn(-c2ccc(S(=O)(=O)CCOS(=O)(=O)[O-])cc2)c(O)c1N=Nc1ccc(-c2ccc(N=Nc3c(C)nn(-c4ccc(S(=O)(=O)CCOSOO[O-])cc4)c3O)cc2S(=O)(=O)[O-])c(SOO[O-])c1.Nc1c(S(=O)(=O)[O-])cc2cc(S(=O)[O-])cc(O)c2c1N=Nc1ccc(C(=O)Nc2cccc(S(=O)(=O)CCOSOO[O-])c2)cc1.[Na+].[Na+].[Na+].[Na+].[Na+].[Na+].[Na+]. The molecule has 10 aromatic rings. The van der Waals surface area contributed by atoms with Gasteiger partial charge in [0.1, 0.15) is 31.7 Å². The van der Waals surface area contributed by atoms with Crippen LogP contribution in [0.15, 0.2) is 217 Å². The molecule has 6 N–H and O–H groups in total. The van der Waals surface area contributed by atoms with E-state index in [4.69, 9.17) is 14.1 Å². The number of phenolic OH excluding ortho intramolecular Hbond substituents is 1. The number of nitrogen functional groups attached to an aromatic ring is 1. The van der Waals surface area contributed by atoms with Gasteiger partial charge in [-0.15, -0.1) is 24.0 Å². The zero-order chi connectivity index (χ0) is 84.7. The molecule has 1 atom stereocenters. The van der Waals surface area contributed by atoms with E-state index >= 15 is 0 Å². The third-order valence-corrected chi connectivity index (χ3v) is 24.5. The maximum absolute atomic E-state index is 12.8. The van der Waals surface area contributed by atoms with Crippen LogP contribution in [0, 0.1) is 13.8 Å². The minimum Gasteiger partial charge on any atom is -0.768 e. The van der Waals surface area contributed by atoms with Crippen LogP contribution in [-0.4, -0.2) is 151 Å². The molecule has 0 aliphatic carbocycles. The van der Waals surface area contributed by atoms with Crippen molar-refractivity contribution in [3.05, 3.63) is 169 Å². The van der Waals surface area contributed by atoms with Gasteiger partial charge in [-0.1, -0.05) is 18.2 Å². The molecular weight excluding hydrogens is 1910 g/mol. The summed E-state index contributed by atoms with van der Waals surface area (Å²) in [5.41, 5.74) is 5.26. The summed E-state index contributed by atoms with van der Waals surface area (Å²) in [5, 5.41) is 107. The molecule has 0 radical (unpaired) electrons. The van der Waals surface area contributed by atoms with E-state index in [1.54, 1.807) is 0 Å². The first kappa shape index (κ1) is 116. The first-order valence-electron chi connectivity index (χ1n) is 31.1. The van der Waals surface area contributed by atoms with E-state index in [9.17, 15) is 109 Å². The third-order valence-electron chi connectivity index (χ3n) is 15.2. The zero-order valence-corrected chi connectivity index (χ0v) is 87.1. The number of fused-ring (bicyclic) bond motifs is 1. The fourth-order valence-electron chi connectivity index (χ4n) is 9.98. The Morgan fingerprint density at radius 1 is 0.512 bits per heavy atom. The molecule has 2 heterocycles. The number of anilines is 2. The Balaban J connectivity index is 0.000000848. The van der Waals surface area contributed by atoms with Gasteiger partial charge in [0.25, 0.3) is 5.91 Å². The summed E-state index contributed by atoms with van der Waals surface area (Å²) in [7, 11) is -27.3. The van der Waals surface area contributed by atoms with Crippen molar-refractivity contribution in [3.8, 4) is 40.0 Å². The molecule has 1 amide bonds. The van der Waals surface area contributed by atoms with E-state index in [-0.39, 0.29) is 349 Å². The number of nitrogens with two attached hydrogens (primary N) is 1. The van der Waals surface area contributed by atoms with E-state index in [1.165, 1.54) is 129 Å². The van der Waals surface area contributed by atoms with Crippen LogP contribution in [-0.2, 0) is 112 Å². The number of aromatic nitrogens is 4. The number of phenols is 1. The first-order valence-corrected chi connectivity index (χ1v) is 43.3. The van der Waals surface area contributed by atoms with Crippen molar-refractivity contribution in [1.29, 1.82) is 0 Å². The van der Waals surface area contributed by atoms with Gasteiger partial charge in [-0.3, -0.25) is 36.7 Å². The van der Waals surface area contributed by atoms with E-state index in [2.05, 4.69) is 78.5 Å². The van der Waals surface area contributed by atoms with Crippen molar-refractivity contribution in [2.75, 3.05) is 48.1 Å². The average Bonchev–Trinajstić information content (AvgIpc) is 1.53. The monoisotopic (exact) mass is 1960 g/mol. The number of azo groups is 3. The normalized spacial score (nSPS) is 12.0. The van der Waals surface area contributed by atoms with E-state index in [1.807, 2.05) is 0 Å². The summed E-state index contributed by atoms with van der Waals surface area (Å²) < 4.78 is 232. The van der Waals surface area contributed by atoms with E-state index in [0.717, 1.165) is 45.8 Å². The first-order chi connectivity index (χ1) is 54.7. The number of amides is 1. The van der Waals surface area contributed by atoms with Crippen LogP contribution in [0.5, 0.6) is 17.5 Å². The van der Waals surface area contributed by atoms with Crippen LogP contribution in [0.4, 0.5) is 45.5 Å². The second-order valence-electron chi connectivity index (χ2n) is 22.6. The second-order valence-corrected chi connectivity index (χ2v) is 35.4. The Kier molecular flexibility index (Phi) is 49.5. The fraction of sp³-hybridized carbons (Fsp3) is 0.131. The van der Waals surface area contributed by atoms with Gasteiger partial charge in [-0.2, -0.15) is 39.2 Å². The van der Waals surface area contributed by atoms with Crippen LogP contribution in [0.1, 0.15) is 21.7 Å². The Morgan fingerprint density at radius 3 is 1.43 bits per heavy atom. The van der Waals surface area contributed by atoms with Gasteiger partial charge in [0.2, 0.25) is 22.2 Å². The van der Waals surface area contributed by atoms with Crippen molar-refractivity contribution >= 4 is 170 Å². The Bertz CT molecular complexity index is 6210. The fourth-order valence-corrected chi connectivity index (χ4v) is 16.6.